The molecule has 1 N–H and O–H groups in total. The molecule has 0 aliphatic rings. The maximum atomic E-state index is 12.3. The molecule has 2 aromatic carbocycles. The number of anilines is 1. The third-order valence-electron chi connectivity index (χ3n) is 3.83. The quantitative estimate of drug-likeness (QED) is 0.478. The summed E-state index contributed by atoms with van der Waals surface area (Å²) in [6, 6.07) is 12.5. The fourth-order valence-electron chi connectivity index (χ4n) is 2.42. The number of ether oxygens (including phenoxy) is 2. The van der Waals surface area contributed by atoms with Gasteiger partial charge in [-0.2, -0.15) is 0 Å². The zero-order valence-electron chi connectivity index (χ0n) is 15.6. The van der Waals surface area contributed by atoms with E-state index >= 15 is 0 Å². The van der Waals surface area contributed by atoms with Crippen molar-refractivity contribution in [1.29, 1.82) is 0 Å². The van der Waals surface area contributed by atoms with Gasteiger partial charge in [0, 0.05) is 36.0 Å². The number of carbonyl (C=O) groups is 1. The summed E-state index contributed by atoms with van der Waals surface area (Å²) in [6.45, 7) is 1.96. The van der Waals surface area contributed by atoms with Gasteiger partial charge >= 0.3 is 0 Å². The molecule has 1 heterocycles. The van der Waals surface area contributed by atoms with Crippen LogP contribution in [-0.2, 0) is 4.79 Å². The summed E-state index contributed by atoms with van der Waals surface area (Å²) in [5, 5.41) is 18.7. The van der Waals surface area contributed by atoms with Crippen molar-refractivity contribution in [3.8, 4) is 23.1 Å². The summed E-state index contributed by atoms with van der Waals surface area (Å²) >= 11 is 1.05. The van der Waals surface area contributed by atoms with Gasteiger partial charge < -0.3 is 24.4 Å². The summed E-state index contributed by atoms with van der Waals surface area (Å²) < 4.78 is 16.5. The van der Waals surface area contributed by atoms with Gasteiger partial charge in [0.2, 0.25) is 11.6 Å². The van der Waals surface area contributed by atoms with E-state index in [4.69, 9.17) is 14.0 Å². The van der Waals surface area contributed by atoms with Crippen molar-refractivity contribution in [2.45, 2.75) is 11.9 Å². The molecule has 8 nitrogen and oxygen atoms in total. The van der Waals surface area contributed by atoms with Gasteiger partial charge in [0.15, 0.2) is 5.95 Å². The molecule has 3 rings (SSSR count). The number of thioether (sulfide) groups is 1. The number of aryl methyl sites for hydroxylation is 1. The Hall–Kier alpha value is -3.20. The number of rotatable bonds is 7. The molecule has 3 aromatic rings. The van der Waals surface area contributed by atoms with E-state index in [1.54, 1.807) is 18.2 Å². The Bertz CT molecular complexity index is 950. The van der Waals surface area contributed by atoms with Gasteiger partial charge in [0.05, 0.1) is 25.2 Å². The molecule has 0 bridgehead atoms. The highest BCUT2D eigenvalue weighted by Gasteiger charge is 2.22. The minimum Gasteiger partial charge on any atom is -0.538 e. The van der Waals surface area contributed by atoms with E-state index < -0.39 is 5.95 Å². The lowest BCUT2D eigenvalue weighted by Crippen LogP contribution is -2.35. The monoisotopic (exact) mass is 401 g/mol. The number of amides is 1. The molecule has 0 spiro atoms. The van der Waals surface area contributed by atoms with Gasteiger partial charge in [-0.1, -0.05) is 17.7 Å². The number of aromatic nitrogens is 2. The maximum absolute atomic E-state index is 12.3. The molecule has 146 valence electrons. The number of methoxy groups -OCH3 is 2. The highest BCUT2D eigenvalue weighted by atomic mass is 32.2. The lowest BCUT2D eigenvalue weighted by atomic mass is 10.2. The molecule has 1 amide bonds. The summed E-state index contributed by atoms with van der Waals surface area (Å²) in [5.74, 6) is 0.223. The minimum absolute atomic E-state index is 0.00183. The van der Waals surface area contributed by atoms with Gasteiger partial charge in [0.25, 0.3) is 5.03 Å². The Morgan fingerprint density at radius 1 is 1.18 bits per heavy atom. The topological polar surface area (TPSA) is 101 Å². The Morgan fingerprint density at radius 2 is 1.82 bits per heavy atom. The number of nitrogens with one attached hydrogen (secondary N) is 1. The summed E-state index contributed by atoms with van der Waals surface area (Å²) in [7, 11) is 3.06. The van der Waals surface area contributed by atoms with Gasteiger partial charge in [-0.15, -0.1) is 0 Å². The Morgan fingerprint density at radius 3 is 2.43 bits per heavy atom. The van der Waals surface area contributed by atoms with E-state index in [-0.39, 0.29) is 16.7 Å². The van der Waals surface area contributed by atoms with Gasteiger partial charge in [-0.3, -0.25) is 4.79 Å². The first-order chi connectivity index (χ1) is 13.5. The molecule has 0 unspecified atom stereocenters. The zero-order valence-corrected chi connectivity index (χ0v) is 16.4. The standard InChI is InChI=1S/C19H19N3O5S/c1-12-4-6-14(7-5-12)22-18(19(24)27-21-22)28-11-17(23)20-13-8-15(25-2)10-16(9-13)26-3/h4-10H,11H2,1-3H3,(H-,20,21,23,24). The fourth-order valence-corrected chi connectivity index (χ4v) is 3.18. The van der Waals surface area contributed by atoms with Gasteiger partial charge in [-0.25, -0.2) is 0 Å². The van der Waals surface area contributed by atoms with Crippen molar-refractivity contribution >= 4 is 23.4 Å². The van der Waals surface area contributed by atoms with E-state index in [1.807, 2.05) is 31.2 Å². The Labute approximate surface area is 166 Å². The van der Waals surface area contributed by atoms with Gasteiger partial charge in [-0.05, 0) is 23.4 Å². The Kier molecular flexibility index (Phi) is 6.05. The van der Waals surface area contributed by atoms with E-state index in [9.17, 15) is 9.90 Å². The van der Waals surface area contributed by atoms with Crippen LogP contribution in [-0.4, -0.2) is 31.2 Å². The van der Waals surface area contributed by atoms with E-state index in [1.165, 1.54) is 18.9 Å². The number of hydrogen-bond donors (Lipinski definition) is 1. The molecule has 0 radical (unpaired) electrons. The van der Waals surface area contributed by atoms with Gasteiger partial charge in [0.1, 0.15) is 11.5 Å². The largest absolute Gasteiger partial charge is 0.538 e. The minimum atomic E-state index is -0.596. The van der Waals surface area contributed by atoms with Crippen LogP contribution in [0.4, 0.5) is 5.69 Å². The highest BCUT2D eigenvalue weighted by molar-refractivity contribution is 7.99. The number of hydrogen-bond acceptors (Lipinski definition) is 7. The predicted molar refractivity (Wildman–Crippen MR) is 101 cm³/mol. The summed E-state index contributed by atoms with van der Waals surface area (Å²) in [6.07, 6.45) is 0. The maximum Gasteiger partial charge on any atom is 0.298 e. The normalized spacial score (nSPS) is 10.5. The molecular formula is C19H19N3O5S. The lowest BCUT2D eigenvalue weighted by molar-refractivity contribution is -0.705. The molecule has 0 aliphatic heterocycles. The molecule has 1 aromatic heterocycles. The number of benzene rings is 2. The second-order valence-electron chi connectivity index (χ2n) is 5.85. The first-order valence-corrected chi connectivity index (χ1v) is 9.30. The van der Waals surface area contributed by atoms with E-state index in [2.05, 4.69) is 10.6 Å². The molecular weight excluding hydrogens is 382 g/mol. The third kappa shape index (κ3) is 4.55. The molecule has 0 fully saturated rings. The van der Waals surface area contributed by atoms with Crippen LogP contribution in [0.1, 0.15) is 5.56 Å². The first kappa shape index (κ1) is 19.6. The first-order valence-electron chi connectivity index (χ1n) is 8.32. The molecule has 0 aliphatic carbocycles. The number of nitrogens with zero attached hydrogens (tertiary/aromatic N) is 2. The SMILES string of the molecule is COc1cc(NC(=O)CSc2c([O-])on[n+]2-c2ccc(C)cc2)cc(OC)c1. The van der Waals surface area contributed by atoms with Crippen molar-refractivity contribution < 1.29 is 28.6 Å². The Balaban J connectivity index is 1.70. The van der Waals surface area contributed by atoms with Crippen LogP contribution in [0.15, 0.2) is 52.0 Å². The third-order valence-corrected chi connectivity index (χ3v) is 4.85. The second-order valence-corrected chi connectivity index (χ2v) is 6.82. The van der Waals surface area contributed by atoms with Crippen molar-refractivity contribution in [1.82, 2.24) is 5.27 Å². The van der Waals surface area contributed by atoms with Crippen LogP contribution in [0, 0.1) is 6.92 Å². The van der Waals surface area contributed by atoms with Crippen LogP contribution in [0.2, 0.25) is 0 Å². The average Bonchev–Trinajstić information content (AvgIpc) is 3.07. The van der Waals surface area contributed by atoms with Crippen LogP contribution in [0.5, 0.6) is 17.4 Å². The lowest BCUT2D eigenvalue weighted by Gasteiger charge is -2.09. The van der Waals surface area contributed by atoms with E-state index in [0.717, 1.165) is 17.3 Å². The molecule has 0 atom stereocenters. The predicted octanol–water partition coefficient (Wildman–Crippen LogP) is 2.08. The second kappa shape index (κ2) is 8.66. The van der Waals surface area contributed by atoms with Crippen molar-refractivity contribution in [3.05, 3.63) is 48.0 Å². The summed E-state index contributed by atoms with van der Waals surface area (Å²) in [5.41, 5.74) is 2.29. The fraction of sp³-hybridized carbons (Fsp3) is 0.211. The van der Waals surface area contributed by atoms with Crippen molar-refractivity contribution in [3.63, 3.8) is 0 Å². The zero-order chi connectivity index (χ0) is 20.1. The molecule has 0 saturated carbocycles. The van der Waals surface area contributed by atoms with E-state index in [0.29, 0.717) is 22.9 Å². The smallest absolute Gasteiger partial charge is 0.298 e. The summed E-state index contributed by atoms with van der Waals surface area (Å²) in [4.78, 5) is 12.3. The van der Waals surface area contributed by atoms with Crippen molar-refractivity contribution in [2.24, 2.45) is 0 Å². The average molecular weight is 401 g/mol. The van der Waals surface area contributed by atoms with Crippen LogP contribution < -0.4 is 24.6 Å². The molecule has 9 heteroatoms. The highest BCUT2D eigenvalue weighted by Crippen LogP contribution is 2.27. The van der Waals surface area contributed by atoms with Crippen molar-refractivity contribution in [2.75, 3.05) is 25.3 Å². The molecule has 28 heavy (non-hydrogen) atoms. The molecule has 0 saturated heterocycles. The van der Waals surface area contributed by atoms with Crippen LogP contribution in [0.3, 0.4) is 0 Å². The number of carbonyl (C=O) groups excluding carboxylic acids is 1. The van der Waals surface area contributed by atoms with Crippen LogP contribution >= 0.6 is 11.8 Å². The van der Waals surface area contributed by atoms with Crippen LogP contribution in [0.25, 0.3) is 5.69 Å².